The third-order valence-corrected chi connectivity index (χ3v) is 1.98. The molecule has 0 aliphatic carbocycles. The Morgan fingerprint density at radius 1 is 1.53 bits per heavy atom. The Labute approximate surface area is 115 Å². The monoisotopic (exact) mass is 271 g/mol. The number of nitrogens with two attached hydrogens (primary N) is 1. The molecule has 0 unspecified atom stereocenters. The second-order valence-corrected chi connectivity index (χ2v) is 3.91. The van der Waals surface area contributed by atoms with E-state index in [1.165, 1.54) is 0 Å². The molecular formula is C5H7N5NaO5P. The van der Waals surface area contributed by atoms with E-state index in [1.807, 2.05) is 0 Å². The summed E-state index contributed by atoms with van der Waals surface area (Å²) < 4.78 is 15.4. The third-order valence-electron chi connectivity index (χ3n) is 1.59. The molecule has 0 amide bonds. The van der Waals surface area contributed by atoms with Crippen LogP contribution in [0.15, 0.2) is 11.1 Å². The zero-order valence-corrected chi connectivity index (χ0v) is 8.46. The van der Waals surface area contributed by atoms with Crippen molar-refractivity contribution in [1.29, 1.82) is 0 Å². The number of nitrogen functional groups attached to an aromatic ring is 1. The van der Waals surface area contributed by atoms with Gasteiger partial charge in [-0.1, -0.05) is 0 Å². The molecular weight excluding hydrogens is 264 g/mol. The van der Waals surface area contributed by atoms with Crippen LogP contribution in [0.3, 0.4) is 0 Å². The quantitative estimate of drug-likeness (QED) is 0.347. The van der Waals surface area contributed by atoms with Crippen molar-refractivity contribution in [2.75, 3.05) is 5.73 Å². The second-order valence-electron chi connectivity index (χ2n) is 2.77. The molecule has 0 aliphatic rings. The van der Waals surface area contributed by atoms with Gasteiger partial charge in [0.25, 0.3) is 5.56 Å². The molecule has 2 heterocycles. The predicted octanol–water partition coefficient (Wildman–Crippen LogP) is -2.43. The van der Waals surface area contributed by atoms with Crippen LogP contribution < -0.4 is 15.9 Å². The normalized spacial score (nSPS) is 11.2. The van der Waals surface area contributed by atoms with Crippen LogP contribution in [0.2, 0.25) is 0 Å². The van der Waals surface area contributed by atoms with Crippen LogP contribution in [0.5, 0.6) is 0 Å². The first-order valence-electron chi connectivity index (χ1n) is 3.85. The molecule has 2 rings (SSSR count). The minimum absolute atomic E-state index is 0. The summed E-state index contributed by atoms with van der Waals surface area (Å²) in [4.78, 5) is 37.8. The molecule has 17 heavy (non-hydrogen) atoms. The number of imidazole rings is 1. The van der Waals surface area contributed by atoms with Gasteiger partial charge >= 0.3 is 37.4 Å². The van der Waals surface area contributed by atoms with Crippen molar-refractivity contribution in [2.45, 2.75) is 0 Å². The molecule has 2 aromatic heterocycles. The number of H-pyrrole nitrogens is 1. The van der Waals surface area contributed by atoms with Crippen LogP contribution in [0.25, 0.3) is 11.2 Å². The van der Waals surface area contributed by atoms with Crippen molar-refractivity contribution in [3.8, 4) is 0 Å². The summed E-state index contributed by atoms with van der Waals surface area (Å²) in [7, 11) is -4.76. The number of nitrogens with one attached hydrogen (secondary N) is 1. The molecule has 0 atom stereocenters. The molecule has 0 aromatic carbocycles. The van der Waals surface area contributed by atoms with E-state index in [2.05, 4.69) is 19.6 Å². The Balaban J connectivity index is 0.00000144. The fraction of sp³-hybridized carbons (Fsp3) is 0. The summed E-state index contributed by atoms with van der Waals surface area (Å²) in [6.07, 6.45) is 0.908. The Bertz CT molecular complexity index is 646. The van der Waals surface area contributed by atoms with E-state index < -0.39 is 13.4 Å². The van der Waals surface area contributed by atoms with Crippen LogP contribution in [-0.4, -0.2) is 59.0 Å². The molecule has 0 saturated carbocycles. The molecule has 2 aromatic rings. The van der Waals surface area contributed by atoms with E-state index in [-0.39, 0.29) is 46.7 Å². The molecule has 88 valence electrons. The van der Waals surface area contributed by atoms with Crippen LogP contribution >= 0.6 is 7.82 Å². The Morgan fingerprint density at radius 3 is 2.76 bits per heavy atom. The van der Waals surface area contributed by atoms with Crippen molar-refractivity contribution >= 4 is 54.5 Å². The van der Waals surface area contributed by atoms with Crippen LogP contribution in [0.1, 0.15) is 0 Å². The summed E-state index contributed by atoms with van der Waals surface area (Å²) >= 11 is 0. The van der Waals surface area contributed by atoms with Crippen molar-refractivity contribution in [3.63, 3.8) is 0 Å². The zero-order chi connectivity index (χ0) is 11.9. The van der Waals surface area contributed by atoms with E-state index in [1.54, 1.807) is 0 Å². The number of aromatic nitrogens is 4. The zero-order valence-electron chi connectivity index (χ0n) is 7.56. The molecule has 0 aliphatic heterocycles. The Morgan fingerprint density at radius 2 is 2.18 bits per heavy atom. The van der Waals surface area contributed by atoms with Crippen LogP contribution in [0, 0.1) is 0 Å². The van der Waals surface area contributed by atoms with Gasteiger partial charge in [0, 0.05) is 0 Å². The number of hydrogen-bond acceptors (Lipinski definition) is 6. The molecule has 0 fully saturated rings. The van der Waals surface area contributed by atoms with E-state index in [9.17, 15) is 9.36 Å². The van der Waals surface area contributed by atoms with Gasteiger partial charge in [-0.2, -0.15) is 4.98 Å². The van der Waals surface area contributed by atoms with Crippen molar-refractivity contribution in [1.82, 2.24) is 19.7 Å². The second kappa shape index (κ2) is 4.77. The first-order valence-corrected chi connectivity index (χ1v) is 5.38. The molecule has 10 nitrogen and oxygen atoms in total. The standard InChI is InChI=1S/C5H6N5O5P.Na.H/c6-5-8-3-2(4(11)9-5)7-1-10(3)15-16(12,13)14;;/h1H,(H2,12,13,14)(H3,6,8,9,11);;. The van der Waals surface area contributed by atoms with Gasteiger partial charge in [-0.05, 0) is 0 Å². The van der Waals surface area contributed by atoms with Gasteiger partial charge < -0.3 is 10.4 Å². The summed E-state index contributed by atoms with van der Waals surface area (Å²) in [5, 5.41) is 0. The number of nitrogens with zero attached hydrogens (tertiary/aromatic N) is 3. The minimum atomic E-state index is -4.76. The van der Waals surface area contributed by atoms with Crippen LogP contribution in [0.4, 0.5) is 5.95 Å². The van der Waals surface area contributed by atoms with Gasteiger partial charge in [-0.3, -0.25) is 19.6 Å². The first kappa shape index (κ1) is 14.2. The Hall–Kier alpha value is -0.900. The Kier molecular flexibility index (Phi) is 3.97. The number of hydrogen-bond donors (Lipinski definition) is 4. The van der Waals surface area contributed by atoms with Crippen molar-refractivity contribution in [2.24, 2.45) is 0 Å². The summed E-state index contributed by atoms with van der Waals surface area (Å²) in [6.45, 7) is 0. The summed E-state index contributed by atoms with van der Waals surface area (Å²) in [5.41, 5.74) is 4.32. The van der Waals surface area contributed by atoms with Gasteiger partial charge in [0.15, 0.2) is 5.52 Å². The maximum absolute atomic E-state index is 11.3. The molecule has 0 radical (unpaired) electrons. The fourth-order valence-corrected chi connectivity index (χ4v) is 1.43. The van der Waals surface area contributed by atoms with Gasteiger partial charge in [0.05, 0.1) is 0 Å². The first-order chi connectivity index (χ1) is 7.37. The van der Waals surface area contributed by atoms with Crippen molar-refractivity contribution in [3.05, 3.63) is 16.7 Å². The van der Waals surface area contributed by atoms with Crippen LogP contribution in [-0.2, 0) is 4.57 Å². The molecule has 0 bridgehead atoms. The van der Waals surface area contributed by atoms with Gasteiger partial charge in [0.1, 0.15) is 6.33 Å². The fourth-order valence-electron chi connectivity index (χ4n) is 1.08. The van der Waals surface area contributed by atoms with Crippen molar-refractivity contribution < 1.29 is 19.0 Å². The van der Waals surface area contributed by atoms with Gasteiger partial charge in [0.2, 0.25) is 11.6 Å². The topological polar surface area (TPSA) is 156 Å². The summed E-state index contributed by atoms with van der Waals surface area (Å²) in [6, 6.07) is 0. The molecule has 0 spiro atoms. The third kappa shape index (κ3) is 3.06. The molecule has 12 heteroatoms. The summed E-state index contributed by atoms with van der Waals surface area (Å²) in [5.74, 6) is -0.214. The average Bonchev–Trinajstić information content (AvgIpc) is 2.46. The van der Waals surface area contributed by atoms with Gasteiger partial charge in [-0.25, -0.2) is 9.55 Å². The SMILES string of the molecule is Nc1nc2c(ncn2OP(=O)(O)O)c(=O)[nH]1.[NaH]. The molecule has 0 saturated heterocycles. The maximum atomic E-state index is 11.3. The number of fused-ring (bicyclic) bond motifs is 1. The van der Waals surface area contributed by atoms with E-state index in [0.717, 1.165) is 6.33 Å². The van der Waals surface area contributed by atoms with E-state index in [4.69, 9.17) is 15.5 Å². The molecule has 5 N–H and O–H groups in total. The van der Waals surface area contributed by atoms with E-state index in [0.29, 0.717) is 4.73 Å². The predicted molar refractivity (Wildman–Crippen MR) is 58.3 cm³/mol. The number of rotatable bonds is 2. The number of phosphoric acid groups is 1. The number of anilines is 1. The van der Waals surface area contributed by atoms with Gasteiger partial charge in [-0.15, -0.1) is 4.73 Å². The van der Waals surface area contributed by atoms with E-state index >= 15 is 0 Å². The number of aromatic amines is 1. The average molecular weight is 271 g/mol.